The molecule has 0 aliphatic rings. The average molecular weight is 647 g/mol. The monoisotopic (exact) mass is 646 g/mol. The molecular weight excluding hydrogens is 611 g/mol. The van der Waals surface area contributed by atoms with Crippen LogP contribution in [-0.4, -0.2) is 48.7 Å². The number of hydrogen-bond donors (Lipinski definition) is 1. The van der Waals surface area contributed by atoms with Crippen LogP contribution in [0.1, 0.15) is 31.4 Å². The van der Waals surface area contributed by atoms with Gasteiger partial charge < -0.3 is 10.2 Å². The lowest BCUT2D eigenvalue weighted by Crippen LogP contribution is -2.54. The van der Waals surface area contributed by atoms with Gasteiger partial charge in [-0.2, -0.15) is 0 Å². The summed E-state index contributed by atoms with van der Waals surface area (Å²) in [5.74, 6) is -1.90. The third-order valence-corrected chi connectivity index (χ3v) is 9.30. The number of amides is 2. The molecule has 0 spiro atoms. The summed E-state index contributed by atoms with van der Waals surface area (Å²) >= 11 is 0. The van der Waals surface area contributed by atoms with Crippen LogP contribution in [0.3, 0.4) is 0 Å². The standard InChI is InChI=1S/C34H35FN4O6S/c1-3-25(2)36-34(41)32(21-26-13-6-4-7-14-26)37(23-27-15-10-11-20-31(27)35)33(40)24-38(28-16-12-17-29(22-28)39(42)43)46(44,45)30-18-8-5-9-19-30/h4-20,22,25,32H,3,21,23-24H2,1-2H3,(H,36,41)/t25-,32-/m0/s1. The number of non-ortho nitro benzene ring substituents is 1. The van der Waals surface area contributed by atoms with E-state index in [1.165, 1.54) is 65.6 Å². The minimum atomic E-state index is -4.45. The highest BCUT2D eigenvalue weighted by molar-refractivity contribution is 7.92. The molecule has 2 atom stereocenters. The van der Waals surface area contributed by atoms with Gasteiger partial charge in [-0.05, 0) is 43.2 Å². The molecule has 12 heteroatoms. The van der Waals surface area contributed by atoms with Crippen molar-refractivity contribution < 1.29 is 27.3 Å². The highest BCUT2D eigenvalue weighted by Gasteiger charge is 2.35. The molecule has 4 rings (SSSR count). The van der Waals surface area contributed by atoms with Crippen molar-refractivity contribution in [1.29, 1.82) is 0 Å². The summed E-state index contributed by atoms with van der Waals surface area (Å²) in [6.07, 6.45) is 0.673. The number of carbonyl (C=O) groups excluding carboxylic acids is 2. The quantitative estimate of drug-likeness (QED) is 0.143. The lowest BCUT2D eigenvalue weighted by molar-refractivity contribution is -0.384. The summed E-state index contributed by atoms with van der Waals surface area (Å²) in [6, 6.07) is 25.7. The van der Waals surface area contributed by atoms with Gasteiger partial charge in [-0.15, -0.1) is 0 Å². The number of benzene rings is 4. The van der Waals surface area contributed by atoms with E-state index in [0.29, 0.717) is 6.42 Å². The van der Waals surface area contributed by atoms with Crippen molar-refractivity contribution in [3.8, 4) is 0 Å². The van der Waals surface area contributed by atoms with Gasteiger partial charge in [-0.1, -0.05) is 79.7 Å². The van der Waals surface area contributed by atoms with Gasteiger partial charge in [-0.3, -0.25) is 24.0 Å². The second kappa shape index (κ2) is 15.3. The number of sulfonamides is 1. The van der Waals surface area contributed by atoms with Crippen molar-refractivity contribution in [2.45, 2.75) is 50.2 Å². The molecule has 1 N–H and O–H groups in total. The Morgan fingerprint density at radius 3 is 2.17 bits per heavy atom. The number of nitro benzene ring substituents is 1. The van der Waals surface area contributed by atoms with Crippen LogP contribution in [0.4, 0.5) is 15.8 Å². The summed E-state index contributed by atoms with van der Waals surface area (Å²) in [4.78, 5) is 40.2. The molecule has 10 nitrogen and oxygen atoms in total. The first-order valence-electron chi connectivity index (χ1n) is 14.7. The third-order valence-electron chi connectivity index (χ3n) is 7.51. The first kappa shape index (κ1) is 33.8. The predicted molar refractivity (Wildman–Crippen MR) is 173 cm³/mol. The number of carbonyl (C=O) groups is 2. The van der Waals surface area contributed by atoms with E-state index in [-0.39, 0.29) is 40.8 Å². The number of hydrogen-bond acceptors (Lipinski definition) is 6. The fourth-order valence-corrected chi connectivity index (χ4v) is 6.24. The molecule has 0 bridgehead atoms. The lowest BCUT2D eigenvalue weighted by Gasteiger charge is -2.34. The van der Waals surface area contributed by atoms with Crippen molar-refractivity contribution in [1.82, 2.24) is 10.2 Å². The largest absolute Gasteiger partial charge is 0.352 e. The topological polar surface area (TPSA) is 130 Å². The Labute approximate surface area is 267 Å². The van der Waals surface area contributed by atoms with Crippen molar-refractivity contribution in [2.75, 3.05) is 10.8 Å². The highest BCUT2D eigenvalue weighted by atomic mass is 32.2. The molecule has 0 aromatic heterocycles. The maximum atomic E-state index is 15.0. The van der Waals surface area contributed by atoms with E-state index in [1.54, 1.807) is 36.4 Å². The molecule has 0 aliphatic heterocycles. The van der Waals surface area contributed by atoms with E-state index < -0.39 is 45.2 Å². The molecule has 0 saturated heterocycles. The van der Waals surface area contributed by atoms with Gasteiger partial charge in [0, 0.05) is 36.7 Å². The van der Waals surface area contributed by atoms with E-state index in [9.17, 15) is 28.1 Å². The molecule has 4 aromatic carbocycles. The maximum Gasteiger partial charge on any atom is 0.271 e. The molecule has 46 heavy (non-hydrogen) atoms. The van der Waals surface area contributed by atoms with Gasteiger partial charge in [0.1, 0.15) is 18.4 Å². The van der Waals surface area contributed by atoms with Gasteiger partial charge in [0.15, 0.2) is 0 Å². The second-order valence-electron chi connectivity index (χ2n) is 10.7. The number of nitro groups is 1. The van der Waals surface area contributed by atoms with Crippen LogP contribution in [0.5, 0.6) is 0 Å². The van der Waals surface area contributed by atoms with Crippen LogP contribution < -0.4 is 9.62 Å². The zero-order valence-corrected chi connectivity index (χ0v) is 26.3. The summed E-state index contributed by atoms with van der Waals surface area (Å²) in [5, 5.41) is 14.5. The minimum absolute atomic E-state index is 0.0611. The van der Waals surface area contributed by atoms with Gasteiger partial charge in [0.2, 0.25) is 11.8 Å². The Balaban J connectivity index is 1.84. The Hall–Kier alpha value is -5.10. The number of anilines is 1. The molecule has 0 heterocycles. The molecule has 4 aromatic rings. The molecular formula is C34H35FN4O6S. The molecule has 240 valence electrons. The predicted octanol–water partition coefficient (Wildman–Crippen LogP) is 5.48. The SMILES string of the molecule is CC[C@H](C)NC(=O)[C@H](Cc1ccccc1)N(Cc1ccccc1F)C(=O)CN(c1cccc([N+](=O)[O-])c1)S(=O)(=O)c1ccccc1. The second-order valence-corrected chi connectivity index (χ2v) is 12.6. The van der Waals surface area contributed by atoms with E-state index in [0.717, 1.165) is 15.9 Å². The van der Waals surface area contributed by atoms with Crippen molar-refractivity contribution in [2.24, 2.45) is 0 Å². The van der Waals surface area contributed by atoms with Gasteiger partial charge in [0.05, 0.1) is 15.5 Å². The Morgan fingerprint density at radius 1 is 0.913 bits per heavy atom. The van der Waals surface area contributed by atoms with Gasteiger partial charge in [0.25, 0.3) is 15.7 Å². The molecule has 0 unspecified atom stereocenters. The normalized spacial score (nSPS) is 12.5. The first-order valence-corrected chi connectivity index (χ1v) is 16.1. The minimum Gasteiger partial charge on any atom is -0.352 e. The smallest absolute Gasteiger partial charge is 0.271 e. The van der Waals surface area contributed by atoms with E-state index >= 15 is 4.39 Å². The van der Waals surface area contributed by atoms with E-state index in [1.807, 2.05) is 19.9 Å². The molecule has 0 aliphatic carbocycles. The van der Waals surface area contributed by atoms with Crippen LogP contribution >= 0.6 is 0 Å². The summed E-state index contributed by atoms with van der Waals surface area (Å²) in [7, 11) is -4.45. The van der Waals surface area contributed by atoms with Crippen LogP contribution in [0, 0.1) is 15.9 Å². The van der Waals surface area contributed by atoms with Crippen LogP contribution in [-0.2, 0) is 32.6 Å². The zero-order chi connectivity index (χ0) is 33.3. The van der Waals surface area contributed by atoms with Crippen LogP contribution in [0.2, 0.25) is 0 Å². The molecule has 0 radical (unpaired) electrons. The first-order chi connectivity index (χ1) is 22.0. The number of halogens is 1. The van der Waals surface area contributed by atoms with Crippen LogP contribution in [0.15, 0.2) is 114 Å². The average Bonchev–Trinajstić information content (AvgIpc) is 3.06. The molecule has 0 fully saturated rings. The summed E-state index contributed by atoms with van der Waals surface area (Å²) in [5.41, 5.74) is 0.348. The lowest BCUT2D eigenvalue weighted by atomic mass is 10.0. The number of rotatable bonds is 14. The summed E-state index contributed by atoms with van der Waals surface area (Å²) in [6.45, 7) is 2.54. The van der Waals surface area contributed by atoms with Gasteiger partial charge >= 0.3 is 0 Å². The van der Waals surface area contributed by atoms with Gasteiger partial charge in [-0.25, -0.2) is 12.8 Å². The third kappa shape index (κ3) is 8.33. The fraction of sp³-hybridized carbons (Fsp3) is 0.235. The zero-order valence-electron chi connectivity index (χ0n) is 25.5. The number of nitrogens with one attached hydrogen (secondary N) is 1. The van der Waals surface area contributed by atoms with Crippen molar-refractivity contribution in [3.05, 3.63) is 136 Å². The highest BCUT2D eigenvalue weighted by Crippen LogP contribution is 2.28. The molecule has 2 amide bonds. The maximum absolute atomic E-state index is 15.0. The Morgan fingerprint density at radius 2 is 1.54 bits per heavy atom. The van der Waals surface area contributed by atoms with E-state index in [2.05, 4.69) is 5.32 Å². The van der Waals surface area contributed by atoms with Crippen LogP contribution in [0.25, 0.3) is 0 Å². The fourth-order valence-electron chi connectivity index (χ4n) is 4.82. The van der Waals surface area contributed by atoms with Crippen molar-refractivity contribution in [3.63, 3.8) is 0 Å². The number of nitrogens with zero attached hydrogens (tertiary/aromatic N) is 3. The molecule has 0 saturated carbocycles. The Kier molecular flexibility index (Phi) is 11.2. The summed E-state index contributed by atoms with van der Waals surface area (Å²) < 4.78 is 43.8. The Bertz CT molecular complexity index is 1770. The van der Waals surface area contributed by atoms with E-state index in [4.69, 9.17) is 0 Å². The van der Waals surface area contributed by atoms with Crippen molar-refractivity contribution >= 4 is 33.2 Å².